The molecular weight excluding hydrogens is 206 g/mol. The summed E-state index contributed by atoms with van der Waals surface area (Å²) in [6.45, 7) is 6.44. The molecule has 0 fully saturated rings. The van der Waals surface area contributed by atoms with Gasteiger partial charge in [0.2, 0.25) is 5.78 Å². The molecule has 5 nitrogen and oxygen atoms in total. The van der Waals surface area contributed by atoms with Crippen molar-refractivity contribution in [3.63, 3.8) is 0 Å². The van der Waals surface area contributed by atoms with Crippen molar-refractivity contribution in [3.8, 4) is 0 Å². The molecule has 1 aromatic heterocycles. The van der Waals surface area contributed by atoms with Gasteiger partial charge in [-0.2, -0.15) is 5.10 Å². The van der Waals surface area contributed by atoms with E-state index >= 15 is 0 Å². The van der Waals surface area contributed by atoms with Gasteiger partial charge in [-0.25, -0.2) is 0 Å². The number of carbonyl (C=O) groups is 2. The van der Waals surface area contributed by atoms with E-state index in [2.05, 4.69) is 10.4 Å². The fraction of sp³-hybridized carbons (Fsp3) is 0.545. The van der Waals surface area contributed by atoms with Gasteiger partial charge in [0.25, 0.3) is 5.91 Å². The number of aromatic nitrogens is 2. The number of hydrogen-bond acceptors (Lipinski definition) is 3. The molecule has 0 radical (unpaired) electrons. The largest absolute Gasteiger partial charge is 0.349 e. The maximum absolute atomic E-state index is 10.9. The molecule has 0 unspecified atom stereocenters. The lowest BCUT2D eigenvalue weighted by molar-refractivity contribution is -0.136. The number of amides is 1. The molecule has 0 saturated heterocycles. The number of Topliss-reactive ketones (excluding diaryl/α,β-unsaturated/α-hetero) is 1. The minimum Gasteiger partial charge on any atom is -0.349 e. The van der Waals surface area contributed by atoms with Gasteiger partial charge in [-0.05, 0) is 26.3 Å². The third kappa shape index (κ3) is 3.49. The predicted molar refractivity (Wildman–Crippen MR) is 60.0 cm³/mol. The molecule has 1 heterocycles. The van der Waals surface area contributed by atoms with Crippen LogP contribution in [0, 0.1) is 13.8 Å². The maximum Gasteiger partial charge on any atom is 0.287 e. The van der Waals surface area contributed by atoms with Crippen LogP contribution in [-0.2, 0) is 16.1 Å². The van der Waals surface area contributed by atoms with Crippen molar-refractivity contribution in [1.82, 2.24) is 15.1 Å². The summed E-state index contributed by atoms with van der Waals surface area (Å²) in [5.74, 6) is -0.973. The van der Waals surface area contributed by atoms with Crippen molar-refractivity contribution in [2.24, 2.45) is 0 Å². The Morgan fingerprint density at radius 1 is 1.44 bits per heavy atom. The predicted octanol–water partition coefficient (Wildman–Crippen LogP) is 0.595. The van der Waals surface area contributed by atoms with E-state index in [0.29, 0.717) is 6.54 Å². The zero-order valence-electron chi connectivity index (χ0n) is 9.91. The summed E-state index contributed by atoms with van der Waals surface area (Å²) in [6, 6.07) is 2.01. The zero-order valence-corrected chi connectivity index (χ0v) is 9.91. The van der Waals surface area contributed by atoms with E-state index in [1.165, 1.54) is 6.92 Å². The van der Waals surface area contributed by atoms with E-state index in [1.807, 2.05) is 24.6 Å². The lowest BCUT2D eigenvalue weighted by atomic mass is 10.3. The molecule has 16 heavy (non-hydrogen) atoms. The summed E-state index contributed by atoms with van der Waals surface area (Å²) in [4.78, 5) is 21.6. The number of ketones is 1. The molecule has 1 N–H and O–H groups in total. The second kappa shape index (κ2) is 5.44. The van der Waals surface area contributed by atoms with E-state index in [1.54, 1.807) is 0 Å². The van der Waals surface area contributed by atoms with Gasteiger partial charge in [0, 0.05) is 25.7 Å². The van der Waals surface area contributed by atoms with E-state index < -0.39 is 11.7 Å². The molecule has 0 aliphatic rings. The van der Waals surface area contributed by atoms with Crippen molar-refractivity contribution in [2.45, 2.75) is 33.7 Å². The smallest absolute Gasteiger partial charge is 0.287 e. The molecule has 0 aromatic carbocycles. The van der Waals surface area contributed by atoms with Crippen LogP contribution in [0.2, 0.25) is 0 Å². The van der Waals surface area contributed by atoms with Crippen molar-refractivity contribution >= 4 is 11.7 Å². The Balaban J connectivity index is 2.29. The fourth-order valence-corrected chi connectivity index (χ4v) is 1.46. The lowest BCUT2D eigenvalue weighted by Crippen LogP contribution is -2.30. The standard InChI is InChI=1S/C11H17N3O2/c1-8-7-9(2)14(13-8)6-4-5-12-11(16)10(3)15/h7H,4-6H2,1-3H3,(H,12,16). The molecule has 0 aliphatic heterocycles. The van der Waals surface area contributed by atoms with Crippen LogP contribution in [0.15, 0.2) is 6.07 Å². The molecule has 88 valence electrons. The van der Waals surface area contributed by atoms with Gasteiger partial charge in [0.05, 0.1) is 5.69 Å². The van der Waals surface area contributed by atoms with Crippen molar-refractivity contribution in [2.75, 3.05) is 6.54 Å². The molecule has 0 saturated carbocycles. The van der Waals surface area contributed by atoms with Gasteiger partial charge in [-0.3, -0.25) is 14.3 Å². The molecule has 0 bridgehead atoms. The van der Waals surface area contributed by atoms with Crippen LogP contribution in [-0.4, -0.2) is 28.0 Å². The summed E-state index contributed by atoms with van der Waals surface area (Å²) >= 11 is 0. The monoisotopic (exact) mass is 223 g/mol. The second-order valence-electron chi connectivity index (χ2n) is 3.82. The van der Waals surface area contributed by atoms with Crippen LogP contribution in [0.5, 0.6) is 0 Å². The van der Waals surface area contributed by atoms with Crippen LogP contribution in [0.4, 0.5) is 0 Å². The second-order valence-corrected chi connectivity index (χ2v) is 3.82. The van der Waals surface area contributed by atoms with E-state index in [9.17, 15) is 9.59 Å². The average molecular weight is 223 g/mol. The molecular formula is C11H17N3O2. The Labute approximate surface area is 94.8 Å². The van der Waals surface area contributed by atoms with Crippen LogP contribution in [0.25, 0.3) is 0 Å². The molecule has 0 spiro atoms. The van der Waals surface area contributed by atoms with E-state index in [0.717, 1.165) is 24.4 Å². The van der Waals surface area contributed by atoms with Crippen molar-refractivity contribution < 1.29 is 9.59 Å². The quantitative estimate of drug-likeness (QED) is 0.587. The molecule has 1 amide bonds. The number of nitrogens with one attached hydrogen (secondary N) is 1. The minimum atomic E-state index is -0.520. The Morgan fingerprint density at radius 3 is 2.62 bits per heavy atom. The van der Waals surface area contributed by atoms with Crippen LogP contribution >= 0.6 is 0 Å². The number of hydrogen-bond donors (Lipinski definition) is 1. The highest BCUT2D eigenvalue weighted by molar-refractivity contribution is 6.35. The van der Waals surface area contributed by atoms with Gasteiger partial charge >= 0.3 is 0 Å². The fourth-order valence-electron chi connectivity index (χ4n) is 1.46. The number of nitrogens with zero attached hydrogens (tertiary/aromatic N) is 2. The Bertz CT molecular complexity index is 396. The highest BCUT2D eigenvalue weighted by Crippen LogP contribution is 2.01. The van der Waals surface area contributed by atoms with Gasteiger partial charge < -0.3 is 5.32 Å². The Hall–Kier alpha value is -1.65. The SMILES string of the molecule is CC(=O)C(=O)NCCCn1nc(C)cc1C. The molecule has 0 aliphatic carbocycles. The highest BCUT2D eigenvalue weighted by Gasteiger charge is 2.05. The first-order chi connectivity index (χ1) is 7.50. The molecule has 0 atom stereocenters. The van der Waals surface area contributed by atoms with Gasteiger partial charge in [0.15, 0.2) is 0 Å². The third-order valence-corrected chi connectivity index (χ3v) is 2.26. The topological polar surface area (TPSA) is 64.0 Å². The highest BCUT2D eigenvalue weighted by atomic mass is 16.2. The first-order valence-electron chi connectivity index (χ1n) is 5.30. The molecule has 1 rings (SSSR count). The van der Waals surface area contributed by atoms with E-state index in [-0.39, 0.29) is 0 Å². The average Bonchev–Trinajstić information content (AvgIpc) is 2.51. The molecule has 5 heteroatoms. The van der Waals surface area contributed by atoms with Crippen LogP contribution < -0.4 is 5.32 Å². The molecule has 1 aromatic rings. The number of rotatable bonds is 5. The van der Waals surface area contributed by atoms with Gasteiger partial charge in [-0.15, -0.1) is 0 Å². The normalized spacial score (nSPS) is 10.2. The Kier molecular flexibility index (Phi) is 4.22. The summed E-state index contributed by atoms with van der Waals surface area (Å²) in [5, 5.41) is 6.85. The first kappa shape index (κ1) is 12.4. The summed E-state index contributed by atoms with van der Waals surface area (Å²) in [5.41, 5.74) is 2.10. The zero-order chi connectivity index (χ0) is 12.1. The minimum absolute atomic E-state index is 0.453. The summed E-state index contributed by atoms with van der Waals surface area (Å²) in [6.07, 6.45) is 0.765. The van der Waals surface area contributed by atoms with Crippen molar-refractivity contribution in [3.05, 3.63) is 17.5 Å². The van der Waals surface area contributed by atoms with Gasteiger partial charge in [0.1, 0.15) is 0 Å². The van der Waals surface area contributed by atoms with E-state index in [4.69, 9.17) is 0 Å². The van der Waals surface area contributed by atoms with Crippen LogP contribution in [0.1, 0.15) is 24.7 Å². The maximum atomic E-state index is 10.9. The lowest BCUT2D eigenvalue weighted by Gasteiger charge is -2.05. The number of aryl methyl sites for hydroxylation is 3. The first-order valence-corrected chi connectivity index (χ1v) is 5.30. The Morgan fingerprint density at radius 2 is 2.12 bits per heavy atom. The summed E-state index contributed by atoms with van der Waals surface area (Å²) < 4.78 is 1.90. The third-order valence-electron chi connectivity index (χ3n) is 2.26. The van der Waals surface area contributed by atoms with Crippen LogP contribution in [0.3, 0.4) is 0 Å². The number of carbonyl (C=O) groups excluding carboxylic acids is 2. The van der Waals surface area contributed by atoms with Gasteiger partial charge in [-0.1, -0.05) is 0 Å². The van der Waals surface area contributed by atoms with Crippen molar-refractivity contribution in [1.29, 1.82) is 0 Å². The summed E-state index contributed by atoms with van der Waals surface area (Å²) in [7, 11) is 0.